The first kappa shape index (κ1) is 17.3. The number of rotatable bonds is 2. The van der Waals surface area contributed by atoms with E-state index in [1.807, 2.05) is 12.1 Å². The Labute approximate surface area is 150 Å². The van der Waals surface area contributed by atoms with Gasteiger partial charge in [0, 0.05) is 35.8 Å². The van der Waals surface area contributed by atoms with Crippen molar-refractivity contribution in [3.05, 3.63) is 64.7 Å². The van der Waals surface area contributed by atoms with E-state index >= 15 is 0 Å². The van der Waals surface area contributed by atoms with E-state index in [4.69, 9.17) is 17.3 Å². The predicted octanol–water partition coefficient (Wildman–Crippen LogP) is 4.96. The molecular formula is C21H27ClN2. The molecule has 3 rings (SSSR count). The molecule has 3 heteroatoms. The Kier molecular flexibility index (Phi) is 4.89. The van der Waals surface area contributed by atoms with Crippen LogP contribution in [0.3, 0.4) is 0 Å². The zero-order chi connectivity index (χ0) is 17.3. The predicted molar refractivity (Wildman–Crippen MR) is 104 cm³/mol. The molecule has 0 saturated carbocycles. The summed E-state index contributed by atoms with van der Waals surface area (Å²) in [5, 5.41) is 0.786. The van der Waals surface area contributed by atoms with E-state index in [2.05, 4.69) is 62.1 Å². The van der Waals surface area contributed by atoms with Crippen molar-refractivity contribution in [1.82, 2.24) is 0 Å². The second-order valence-corrected chi connectivity index (χ2v) is 8.38. The van der Waals surface area contributed by atoms with E-state index in [1.54, 1.807) is 0 Å². The lowest BCUT2D eigenvalue weighted by atomic mass is 9.86. The molecule has 2 unspecified atom stereocenters. The highest BCUT2D eigenvalue weighted by Crippen LogP contribution is 2.31. The molecule has 0 radical (unpaired) electrons. The van der Waals surface area contributed by atoms with Gasteiger partial charge in [0.1, 0.15) is 0 Å². The number of nitrogens with zero attached hydrogens (tertiary/aromatic N) is 1. The fourth-order valence-corrected chi connectivity index (χ4v) is 3.62. The largest absolute Gasteiger partial charge is 0.369 e. The summed E-state index contributed by atoms with van der Waals surface area (Å²) in [6.07, 6.45) is 1.03. The maximum Gasteiger partial charge on any atom is 0.0406 e. The van der Waals surface area contributed by atoms with Crippen molar-refractivity contribution in [1.29, 1.82) is 0 Å². The maximum absolute atomic E-state index is 6.35. The molecule has 24 heavy (non-hydrogen) atoms. The second kappa shape index (κ2) is 6.78. The minimum absolute atomic E-state index is 0.183. The molecule has 1 saturated heterocycles. The Bertz CT molecular complexity index is 670. The summed E-state index contributed by atoms with van der Waals surface area (Å²) in [7, 11) is 0. The van der Waals surface area contributed by atoms with Crippen LogP contribution in [0, 0.1) is 0 Å². The fraction of sp³-hybridized carbons (Fsp3) is 0.429. The summed E-state index contributed by atoms with van der Waals surface area (Å²) in [6, 6.07) is 17.4. The van der Waals surface area contributed by atoms with Crippen molar-refractivity contribution in [3.63, 3.8) is 0 Å². The second-order valence-electron chi connectivity index (χ2n) is 7.95. The average molecular weight is 343 g/mol. The highest BCUT2D eigenvalue weighted by molar-refractivity contribution is 6.30. The molecule has 2 aromatic carbocycles. The molecule has 1 heterocycles. The molecule has 2 nitrogen and oxygen atoms in total. The number of nitrogens with two attached hydrogens (primary N) is 1. The third kappa shape index (κ3) is 3.93. The van der Waals surface area contributed by atoms with E-state index in [-0.39, 0.29) is 11.5 Å². The average Bonchev–Trinajstić information content (AvgIpc) is 2.54. The van der Waals surface area contributed by atoms with Gasteiger partial charge < -0.3 is 10.6 Å². The molecule has 1 aliphatic heterocycles. The zero-order valence-electron chi connectivity index (χ0n) is 14.8. The first-order chi connectivity index (χ1) is 11.3. The van der Waals surface area contributed by atoms with Gasteiger partial charge in [0.2, 0.25) is 0 Å². The normalized spacial score (nSPS) is 21.8. The van der Waals surface area contributed by atoms with Crippen LogP contribution in [-0.4, -0.2) is 19.1 Å². The summed E-state index contributed by atoms with van der Waals surface area (Å²) in [5.41, 5.74) is 10.5. The van der Waals surface area contributed by atoms with Crippen molar-refractivity contribution in [2.24, 2.45) is 5.73 Å². The van der Waals surface area contributed by atoms with Crippen LogP contribution in [0.25, 0.3) is 0 Å². The van der Waals surface area contributed by atoms with E-state index in [0.717, 1.165) is 24.5 Å². The minimum Gasteiger partial charge on any atom is -0.369 e. The number of hydrogen-bond acceptors (Lipinski definition) is 2. The van der Waals surface area contributed by atoms with Crippen LogP contribution in [0.1, 0.15) is 44.2 Å². The summed E-state index contributed by atoms with van der Waals surface area (Å²) < 4.78 is 0. The first-order valence-corrected chi connectivity index (χ1v) is 9.07. The van der Waals surface area contributed by atoms with Crippen LogP contribution >= 0.6 is 11.6 Å². The van der Waals surface area contributed by atoms with Crippen molar-refractivity contribution in [2.45, 2.75) is 44.6 Å². The van der Waals surface area contributed by atoms with Crippen LogP contribution < -0.4 is 10.6 Å². The molecule has 0 aliphatic carbocycles. The Morgan fingerprint density at radius 2 is 1.58 bits per heavy atom. The van der Waals surface area contributed by atoms with Gasteiger partial charge in [-0.25, -0.2) is 0 Å². The summed E-state index contributed by atoms with van der Waals surface area (Å²) in [6.45, 7) is 8.66. The van der Waals surface area contributed by atoms with Gasteiger partial charge in [-0.15, -0.1) is 0 Å². The Hall–Kier alpha value is -1.51. The van der Waals surface area contributed by atoms with Crippen LogP contribution in [0.2, 0.25) is 5.02 Å². The van der Waals surface area contributed by atoms with Crippen LogP contribution in [0.5, 0.6) is 0 Å². The molecule has 0 bridgehead atoms. The molecule has 2 aromatic rings. The molecule has 1 fully saturated rings. The SMILES string of the molecule is CC(C)(C)c1ccc(N2CC(N)CC(c3ccc(Cl)cc3)C2)cc1. The maximum atomic E-state index is 6.35. The summed E-state index contributed by atoms with van der Waals surface area (Å²) >= 11 is 6.02. The lowest BCUT2D eigenvalue weighted by molar-refractivity contribution is 0.454. The smallest absolute Gasteiger partial charge is 0.0406 e. The van der Waals surface area contributed by atoms with Gasteiger partial charge in [-0.3, -0.25) is 0 Å². The number of halogens is 1. The Balaban J connectivity index is 1.79. The monoisotopic (exact) mass is 342 g/mol. The Morgan fingerprint density at radius 3 is 2.17 bits per heavy atom. The molecule has 0 aromatic heterocycles. The van der Waals surface area contributed by atoms with Gasteiger partial charge in [0.05, 0.1) is 0 Å². The number of piperidine rings is 1. The number of anilines is 1. The molecule has 128 valence electrons. The lowest BCUT2D eigenvalue weighted by Gasteiger charge is -2.38. The zero-order valence-corrected chi connectivity index (χ0v) is 15.6. The third-order valence-electron chi connectivity index (χ3n) is 4.92. The third-order valence-corrected chi connectivity index (χ3v) is 5.17. The standard InChI is InChI=1S/C21H27ClN2/c1-21(2,3)17-6-10-20(11-7-17)24-13-16(12-19(23)14-24)15-4-8-18(22)9-5-15/h4-11,16,19H,12-14,23H2,1-3H3. The van der Waals surface area contributed by atoms with Gasteiger partial charge in [-0.1, -0.05) is 56.6 Å². The minimum atomic E-state index is 0.183. The summed E-state index contributed by atoms with van der Waals surface area (Å²) in [5.74, 6) is 0.452. The van der Waals surface area contributed by atoms with Gasteiger partial charge >= 0.3 is 0 Å². The molecule has 0 spiro atoms. The van der Waals surface area contributed by atoms with Crippen LogP contribution in [0.4, 0.5) is 5.69 Å². The van der Waals surface area contributed by atoms with Crippen LogP contribution in [0.15, 0.2) is 48.5 Å². The quantitative estimate of drug-likeness (QED) is 0.835. The van der Waals surface area contributed by atoms with Gasteiger partial charge in [-0.05, 0) is 47.2 Å². The first-order valence-electron chi connectivity index (χ1n) is 8.69. The van der Waals surface area contributed by atoms with E-state index in [1.165, 1.54) is 16.8 Å². The van der Waals surface area contributed by atoms with Crippen molar-refractivity contribution in [2.75, 3.05) is 18.0 Å². The van der Waals surface area contributed by atoms with E-state index in [9.17, 15) is 0 Å². The number of benzene rings is 2. The van der Waals surface area contributed by atoms with Gasteiger partial charge in [0.15, 0.2) is 0 Å². The fourth-order valence-electron chi connectivity index (χ4n) is 3.50. The highest BCUT2D eigenvalue weighted by atomic mass is 35.5. The van der Waals surface area contributed by atoms with Crippen LogP contribution in [-0.2, 0) is 5.41 Å². The van der Waals surface area contributed by atoms with Gasteiger partial charge in [-0.2, -0.15) is 0 Å². The van der Waals surface area contributed by atoms with E-state index < -0.39 is 0 Å². The van der Waals surface area contributed by atoms with Crippen molar-refractivity contribution in [3.8, 4) is 0 Å². The summed E-state index contributed by atoms with van der Waals surface area (Å²) in [4.78, 5) is 2.42. The molecule has 2 N–H and O–H groups in total. The lowest BCUT2D eigenvalue weighted by Crippen LogP contribution is -2.46. The molecule has 0 amide bonds. The molecule has 2 atom stereocenters. The highest BCUT2D eigenvalue weighted by Gasteiger charge is 2.26. The topological polar surface area (TPSA) is 29.3 Å². The van der Waals surface area contributed by atoms with Crippen molar-refractivity contribution >= 4 is 17.3 Å². The Morgan fingerprint density at radius 1 is 0.958 bits per heavy atom. The van der Waals surface area contributed by atoms with E-state index in [0.29, 0.717) is 5.92 Å². The number of hydrogen-bond donors (Lipinski definition) is 1. The van der Waals surface area contributed by atoms with Gasteiger partial charge in [0.25, 0.3) is 0 Å². The molecule has 1 aliphatic rings. The van der Waals surface area contributed by atoms with Crippen molar-refractivity contribution < 1.29 is 0 Å². The molecular weight excluding hydrogens is 316 g/mol.